The molecule has 1 aliphatic rings. The molecule has 44 heavy (non-hydrogen) atoms. The van der Waals surface area contributed by atoms with Gasteiger partial charge in [-0.05, 0) is 59.5 Å². The van der Waals surface area contributed by atoms with Crippen LogP contribution in [0.5, 0.6) is 0 Å². The van der Waals surface area contributed by atoms with Crippen LogP contribution in [0.1, 0.15) is 40.9 Å². The lowest BCUT2D eigenvalue weighted by molar-refractivity contribution is -0.148. The lowest BCUT2D eigenvalue weighted by Gasteiger charge is -2.36. The van der Waals surface area contributed by atoms with Crippen LogP contribution in [0, 0.1) is 0 Å². The van der Waals surface area contributed by atoms with E-state index >= 15 is 0 Å². The van der Waals surface area contributed by atoms with Crippen molar-refractivity contribution in [3.05, 3.63) is 113 Å². The van der Waals surface area contributed by atoms with E-state index in [0.29, 0.717) is 22.6 Å². The molecule has 1 aliphatic heterocycles. The first-order valence-electron chi connectivity index (χ1n) is 14.4. The predicted octanol–water partition coefficient (Wildman–Crippen LogP) is 4.25. The minimum atomic E-state index is -1.09. The van der Waals surface area contributed by atoms with Crippen LogP contribution in [0.25, 0.3) is 10.8 Å². The average Bonchev–Trinajstić information content (AvgIpc) is 3.15. The molecule has 4 aromatic rings. The van der Waals surface area contributed by atoms with Crippen molar-refractivity contribution in [1.82, 2.24) is 19.7 Å². The zero-order valence-corrected chi connectivity index (χ0v) is 25.4. The van der Waals surface area contributed by atoms with Crippen molar-refractivity contribution >= 4 is 46.0 Å². The number of hydrogen-bond donors (Lipinski definition) is 1. The summed E-state index contributed by atoms with van der Waals surface area (Å²) in [4.78, 5) is 62.9. The zero-order chi connectivity index (χ0) is 31.4. The van der Waals surface area contributed by atoms with Gasteiger partial charge in [-0.1, -0.05) is 66.2 Å². The number of nitrogens with two attached hydrogens (primary N) is 1. The van der Waals surface area contributed by atoms with Gasteiger partial charge in [0.25, 0.3) is 11.8 Å². The predicted molar refractivity (Wildman–Crippen MR) is 169 cm³/mol. The van der Waals surface area contributed by atoms with Crippen LogP contribution in [0.2, 0.25) is 5.02 Å². The first-order valence-corrected chi connectivity index (χ1v) is 14.8. The summed E-state index contributed by atoms with van der Waals surface area (Å²) in [6.45, 7) is 1.81. The summed E-state index contributed by atoms with van der Waals surface area (Å²) in [5.74, 6) is -1.85. The summed E-state index contributed by atoms with van der Waals surface area (Å²) in [5, 5.41) is 2.39. The molecule has 2 N–H and O–H groups in total. The molecule has 0 radical (unpaired) electrons. The Bertz CT molecular complexity index is 1690. The minimum Gasteiger partial charge on any atom is -0.368 e. The fourth-order valence-corrected chi connectivity index (χ4v) is 6.09. The van der Waals surface area contributed by atoms with Gasteiger partial charge in [0.1, 0.15) is 12.1 Å². The second-order valence-corrected chi connectivity index (χ2v) is 11.5. The summed E-state index contributed by atoms with van der Waals surface area (Å²) < 4.78 is 0. The molecule has 3 aromatic carbocycles. The van der Waals surface area contributed by atoms with Gasteiger partial charge in [-0.15, -0.1) is 0 Å². The molecule has 2 heterocycles. The number of benzene rings is 3. The average molecular weight is 612 g/mol. The number of nitrogens with zero attached hydrogens (tertiary/aromatic N) is 4. The van der Waals surface area contributed by atoms with E-state index in [2.05, 4.69) is 4.98 Å². The van der Waals surface area contributed by atoms with Crippen LogP contribution < -0.4 is 5.73 Å². The molecule has 0 bridgehead atoms. The van der Waals surface area contributed by atoms with Gasteiger partial charge in [0, 0.05) is 43.5 Å². The third-order valence-electron chi connectivity index (χ3n) is 8.14. The normalized spacial score (nSPS) is 17.7. The van der Waals surface area contributed by atoms with Crippen molar-refractivity contribution < 1.29 is 19.2 Å². The van der Waals surface area contributed by atoms with Crippen LogP contribution in [-0.4, -0.2) is 75.5 Å². The fourth-order valence-electron chi connectivity index (χ4n) is 5.89. The Morgan fingerprint density at radius 3 is 2.52 bits per heavy atom. The van der Waals surface area contributed by atoms with Gasteiger partial charge >= 0.3 is 0 Å². The molecule has 3 atom stereocenters. The molecular weight excluding hydrogens is 578 g/mol. The number of rotatable bonds is 8. The number of likely N-dealkylation sites (N-methyl/N-ethyl adjacent to an activating group) is 1. The first kappa shape index (κ1) is 30.7. The number of pyridine rings is 1. The Labute approximate surface area is 261 Å². The van der Waals surface area contributed by atoms with E-state index in [-0.39, 0.29) is 25.4 Å². The minimum absolute atomic E-state index is 0.212. The highest BCUT2D eigenvalue weighted by molar-refractivity contribution is 6.30. The van der Waals surface area contributed by atoms with E-state index in [0.717, 1.165) is 16.3 Å². The Balaban J connectivity index is 1.50. The van der Waals surface area contributed by atoms with Crippen molar-refractivity contribution in [3.63, 3.8) is 0 Å². The smallest absolute Gasteiger partial charge is 0.255 e. The Morgan fingerprint density at radius 1 is 1.05 bits per heavy atom. The van der Waals surface area contributed by atoms with E-state index < -0.39 is 35.8 Å². The standard InChI is InChI=1S/C34H34ClN5O4/c1-22-15-17-39(29(32(36)42)19-24-10-5-9-23-8-3-4-14-28(23)24)34(44)31(25-11-6-13-27(35)18-25)40(22)30(41)21-38(2)33(43)26-12-7-16-37-20-26/h3-14,16,18,20,22,29,31H,15,17,19,21H2,1-2H3,(H2,36,42). The van der Waals surface area contributed by atoms with Gasteiger partial charge in [-0.3, -0.25) is 24.2 Å². The number of aromatic nitrogens is 1. The van der Waals surface area contributed by atoms with Crippen LogP contribution in [0.15, 0.2) is 91.3 Å². The van der Waals surface area contributed by atoms with Gasteiger partial charge in [0.2, 0.25) is 11.8 Å². The third kappa shape index (κ3) is 6.43. The van der Waals surface area contributed by atoms with E-state index in [1.807, 2.05) is 49.4 Å². The van der Waals surface area contributed by atoms with Gasteiger partial charge < -0.3 is 20.4 Å². The maximum Gasteiger partial charge on any atom is 0.255 e. The Kier molecular flexibility index (Phi) is 9.25. The molecule has 9 nitrogen and oxygen atoms in total. The lowest BCUT2D eigenvalue weighted by Crippen LogP contribution is -2.53. The maximum absolute atomic E-state index is 14.6. The van der Waals surface area contributed by atoms with E-state index in [4.69, 9.17) is 17.3 Å². The molecule has 0 saturated carbocycles. The van der Waals surface area contributed by atoms with E-state index in [1.165, 1.54) is 27.9 Å². The molecular formula is C34H34ClN5O4. The fraction of sp³-hybridized carbons (Fsp3) is 0.265. The van der Waals surface area contributed by atoms with Crippen LogP contribution in [0.4, 0.5) is 0 Å². The highest BCUT2D eigenvalue weighted by Gasteiger charge is 2.43. The van der Waals surface area contributed by atoms with E-state index in [1.54, 1.807) is 42.6 Å². The number of carbonyl (C=O) groups excluding carboxylic acids is 4. The number of primary amides is 1. The number of halogens is 1. The zero-order valence-electron chi connectivity index (χ0n) is 24.6. The topological polar surface area (TPSA) is 117 Å². The highest BCUT2D eigenvalue weighted by atomic mass is 35.5. The molecule has 3 unspecified atom stereocenters. The van der Waals surface area contributed by atoms with Crippen molar-refractivity contribution in [1.29, 1.82) is 0 Å². The van der Waals surface area contributed by atoms with Crippen LogP contribution in [0.3, 0.4) is 0 Å². The second kappa shape index (κ2) is 13.3. The van der Waals surface area contributed by atoms with Crippen molar-refractivity contribution in [2.45, 2.75) is 37.9 Å². The molecule has 1 aromatic heterocycles. The number of amides is 4. The molecule has 0 aliphatic carbocycles. The van der Waals surface area contributed by atoms with Crippen LogP contribution in [-0.2, 0) is 20.8 Å². The first-order chi connectivity index (χ1) is 21.2. The number of fused-ring (bicyclic) bond motifs is 1. The summed E-state index contributed by atoms with van der Waals surface area (Å²) in [5.41, 5.74) is 7.72. The van der Waals surface area contributed by atoms with Crippen molar-refractivity contribution in [2.75, 3.05) is 20.1 Å². The van der Waals surface area contributed by atoms with Gasteiger partial charge in [0.15, 0.2) is 0 Å². The second-order valence-electron chi connectivity index (χ2n) is 11.1. The monoisotopic (exact) mass is 611 g/mol. The number of carbonyl (C=O) groups is 4. The summed E-state index contributed by atoms with van der Waals surface area (Å²) in [6, 6.07) is 21.3. The number of hydrogen-bond acceptors (Lipinski definition) is 5. The van der Waals surface area contributed by atoms with E-state index in [9.17, 15) is 19.2 Å². The molecule has 4 amide bonds. The third-order valence-corrected chi connectivity index (χ3v) is 8.37. The van der Waals surface area contributed by atoms with Gasteiger partial charge in [-0.25, -0.2) is 0 Å². The molecule has 0 spiro atoms. The summed E-state index contributed by atoms with van der Waals surface area (Å²) in [7, 11) is 1.53. The highest BCUT2D eigenvalue weighted by Crippen LogP contribution is 2.33. The van der Waals surface area contributed by atoms with Crippen molar-refractivity contribution in [3.8, 4) is 0 Å². The van der Waals surface area contributed by atoms with Crippen molar-refractivity contribution in [2.24, 2.45) is 5.73 Å². The van der Waals surface area contributed by atoms with Gasteiger partial charge in [-0.2, -0.15) is 0 Å². The SMILES string of the molecule is CC1CCN(C(Cc2cccc3ccccc23)C(N)=O)C(=O)C(c2cccc(Cl)c2)N1C(=O)CN(C)C(=O)c1cccnc1. The molecule has 5 rings (SSSR count). The maximum atomic E-state index is 14.6. The summed E-state index contributed by atoms with van der Waals surface area (Å²) in [6.07, 6.45) is 3.62. The van der Waals surface area contributed by atoms with Crippen LogP contribution >= 0.6 is 11.6 Å². The largest absolute Gasteiger partial charge is 0.368 e. The Hall–Kier alpha value is -4.76. The Morgan fingerprint density at radius 2 is 1.80 bits per heavy atom. The molecule has 226 valence electrons. The molecule has 1 fully saturated rings. The molecule has 1 saturated heterocycles. The quantitative estimate of drug-likeness (QED) is 0.320. The lowest BCUT2D eigenvalue weighted by atomic mass is 9.96. The molecule has 10 heteroatoms. The van der Waals surface area contributed by atoms with Gasteiger partial charge in [0.05, 0.1) is 12.1 Å². The summed E-state index contributed by atoms with van der Waals surface area (Å²) >= 11 is 6.36.